The minimum Gasteiger partial charge on any atom is -0.478 e. The van der Waals surface area contributed by atoms with Crippen molar-refractivity contribution in [2.24, 2.45) is 7.05 Å². The zero-order chi connectivity index (χ0) is 17.3. The molecular weight excluding hydrogens is 372 g/mol. The Morgan fingerprint density at radius 1 is 1.29 bits per heavy atom. The first-order valence-corrected chi connectivity index (χ1v) is 7.99. The van der Waals surface area contributed by atoms with Crippen LogP contribution in [0, 0.1) is 6.92 Å². The fraction of sp³-hybridized carbons (Fsp3) is 0.118. The average molecular weight is 387 g/mol. The van der Waals surface area contributed by atoms with Gasteiger partial charge in [-0.05, 0) is 42.8 Å². The summed E-state index contributed by atoms with van der Waals surface area (Å²) in [6.07, 6.45) is 3.21. The number of aryl methyl sites for hydroxylation is 2. The molecule has 0 saturated carbocycles. The van der Waals surface area contributed by atoms with Gasteiger partial charge >= 0.3 is 5.97 Å². The number of carboxylic acid groups (broad SMARTS) is 1. The van der Waals surface area contributed by atoms with Crippen LogP contribution in [0.2, 0.25) is 0 Å². The highest BCUT2D eigenvalue weighted by atomic mass is 79.9. The van der Waals surface area contributed by atoms with E-state index in [4.69, 9.17) is 5.11 Å². The summed E-state index contributed by atoms with van der Waals surface area (Å²) < 4.78 is 2.74. The predicted molar refractivity (Wildman–Crippen MR) is 95.6 cm³/mol. The molecule has 6 nitrogen and oxygen atoms in total. The van der Waals surface area contributed by atoms with E-state index in [9.17, 15) is 4.79 Å². The smallest absolute Gasteiger partial charge is 0.337 e. The van der Waals surface area contributed by atoms with Gasteiger partial charge in [-0.3, -0.25) is 0 Å². The summed E-state index contributed by atoms with van der Waals surface area (Å²) in [7, 11) is 1.79. The first-order valence-electron chi connectivity index (χ1n) is 7.20. The summed E-state index contributed by atoms with van der Waals surface area (Å²) in [5.41, 5.74) is 3.56. The quantitative estimate of drug-likeness (QED) is 0.708. The largest absolute Gasteiger partial charge is 0.478 e. The van der Waals surface area contributed by atoms with Gasteiger partial charge in [-0.2, -0.15) is 0 Å². The van der Waals surface area contributed by atoms with E-state index in [0.29, 0.717) is 17.3 Å². The van der Waals surface area contributed by atoms with Crippen molar-refractivity contribution in [3.05, 3.63) is 58.3 Å². The number of carboxylic acids is 1. The molecule has 0 radical (unpaired) electrons. The van der Waals surface area contributed by atoms with Crippen molar-refractivity contribution in [3.8, 4) is 11.4 Å². The molecule has 0 amide bonds. The zero-order valence-corrected chi connectivity index (χ0v) is 14.7. The number of anilines is 2. The Morgan fingerprint density at radius 2 is 2.08 bits per heavy atom. The van der Waals surface area contributed by atoms with Crippen LogP contribution in [0.1, 0.15) is 15.9 Å². The molecule has 2 aromatic heterocycles. The highest BCUT2D eigenvalue weighted by Gasteiger charge is 2.12. The van der Waals surface area contributed by atoms with Gasteiger partial charge in [-0.15, -0.1) is 0 Å². The molecule has 0 aliphatic rings. The predicted octanol–water partition coefficient (Wildman–Crippen LogP) is 3.99. The van der Waals surface area contributed by atoms with Crippen molar-refractivity contribution in [3.63, 3.8) is 0 Å². The fourth-order valence-electron chi connectivity index (χ4n) is 2.39. The summed E-state index contributed by atoms with van der Waals surface area (Å²) in [6, 6.07) is 9.23. The van der Waals surface area contributed by atoms with Crippen LogP contribution in [0.5, 0.6) is 0 Å². The number of aromatic nitrogens is 3. The van der Waals surface area contributed by atoms with Crippen LogP contribution in [0.25, 0.3) is 11.4 Å². The first kappa shape index (κ1) is 16.2. The summed E-state index contributed by atoms with van der Waals surface area (Å²) in [6.45, 7) is 1.99. The van der Waals surface area contributed by atoms with Crippen molar-refractivity contribution < 1.29 is 9.90 Å². The molecule has 0 atom stereocenters. The van der Waals surface area contributed by atoms with Crippen LogP contribution in [0.4, 0.5) is 11.6 Å². The Balaban J connectivity index is 1.93. The zero-order valence-electron chi connectivity index (χ0n) is 13.1. The Morgan fingerprint density at radius 3 is 2.75 bits per heavy atom. The Labute approximate surface area is 147 Å². The molecular formula is C17H15BrN4O2. The summed E-state index contributed by atoms with van der Waals surface area (Å²) in [5, 5.41) is 12.3. The van der Waals surface area contributed by atoms with Crippen LogP contribution >= 0.6 is 15.9 Å². The standard InChI is InChI=1S/C17H15BrN4O2/c1-10-7-12(18)3-4-13(10)20-17-19-6-5-14(21-17)15-8-11(16(23)24)9-22(15)2/h3-9H,1-2H3,(H,23,24)(H,19,20,21). The van der Waals surface area contributed by atoms with Crippen molar-refractivity contribution >= 4 is 33.5 Å². The number of rotatable bonds is 4. The van der Waals surface area contributed by atoms with Crippen LogP contribution in [-0.2, 0) is 7.05 Å². The van der Waals surface area contributed by atoms with Gasteiger partial charge in [0.2, 0.25) is 5.95 Å². The van der Waals surface area contributed by atoms with E-state index in [-0.39, 0.29) is 5.56 Å². The number of nitrogens with zero attached hydrogens (tertiary/aromatic N) is 3. The number of nitrogens with one attached hydrogen (secondary N) is 1. The maximum absolute atomic E-state index is 11.1. The lowest BCUT2D eigenvalue weighted by atomic mass is 10.2. The lowest BCUT2D eigenvalue weighted by molar-refractivity contribution is 0.0697. The molecule has 0 spiro atoms. The third kappa shape index (κ3) is 3.30. The third-order valence-electron chi connectivity index (χ3n) is 3.60. The van der Waals surface area contributed by atoms with Gasteiger partial charge in [-0.1, -0.05) is 15.9 Å². The van der Waals surface area contributed by atoms with Crippen LogP contribution in [0.3, 0.4) is 0 Å². The van der Waals surface area contributed by atoms with E-state index in [1.807, 2.05) is 25.1 Å². The minimum atomic E-state index is -0.963. The molecule has 1 aromatic carbocycles. The summed E-state index contributed by atoms with van der Waals surface area (Å²) >= 11 is 3.44. The minimum absolute atomic E-state index is 0.226. The maximum atomic E-state index is 11.1. The molecule has 0 unspecified atom stereocenters. The van der Waals surface area contributed by atoms with E-state index in [1.54, 1.807) is 36.1 Å². The maximum Gasteiger partial charge on any atom is 0.337 e. The van der Waals surface area contributed by atoms with E-state index in [1.165, 1.54) is 0 Å². The van der Waals surface area contributed by atoms with Crippen molar-refractivity contribution in [2.75, 3.05) is 5.32 Å². The molecule has 0 aliphatic carbocycles. The molecule has 0 aliphatic heterocycles. The molecule has 122 valence electrons. The van der Waals surface area contributed by atoms with Gasteiger partial charge in [-0.25, -0.2) is 14.8 Å². The number of hydrogen-bond acceptors (Lipinski definition) is 4. The number of aromatic carboxylic acids is 1. The van der Waals surface area contributed by atoms with Crippen molar-refractivity contribution in [2.45, 2.75) is 6.92 Å². The highest BCUT2D eigenvalue weighted by molar-refractivity contribution is 9.10. The number of benzene rings is 1. The molecule has 7 heteroatoms. The first-order chi connectivity index (χ1) is 11.4. The lowest BCUT2D eigenvalue weighted by Gasteiger charge is -2.09. The molecule has 0 bridgehead atoms. The van der Waals surface area contributed by atoms with Crippen LogP contribution in [-0.4, -0.2) is 25.6 Å². The Bertz CT molecular complexity index is 921. The van der Waals surface area contributed by atoms with Gasteiger partial charge < -0.3 is 15.0 Å². The summed E-state index contributed by atoms with van der Waals surface area (Å²) in [5.74, 6) is -0.509. The van der Waals surface area contributed by atoms with Gasteiger partial charge in [0.25, 0.3) is 0 Å². The number of carbonyl (C=O) groups is 1. The van der Waals surface area contributed by atoms with Crippen LogP contribution in [0.15, 0.2) is 47.2 Å². The lowest BCUT2D eigenvalue weighted by Crippen LogP contribution is -2.00. The molecule has 0 saturated heterocycles. The average Bonchev–Trinajstić information content (AvgIpc) is 2.93. The summed E-state index contributed by atoms with van der Waals surface area (Å²) in [4.78, 5) is 19.8. The number of hydrogen-bond donors (Lipinski definition) is 2. The van der Waals surface area contributed by atoms with Gasteiger partial charge in [0, 0.05) is 29.6 Å². The molecule has 3 rings (SSSR count). The number of halogens is 1. The van der Waals surface area contributed by atoms with E-state index >= 15 is 0 Å². The van der Waals surface area contributed by atoms with Crippen molar-refractivity contribution in [1.82, 2.24) is 14.5 Å². The van der Waals surface area contributed by atoms with Gasteiger partial charge in [0.15, 0.2) is 0 Å². The molecule has 0 fully saturated rings. The van der Waals surface area contributed by atoms with Gasteiger partial charge in [0.05, 0.1) is 17.0 Å². The second-order valence-corrected chi connectivity index (χ2v) is 6.30. The second-order valence-electron chi connectivity index (χ2n) is 5.38. The second kappa shape index (κ2) is 6.45. The SMILES string of the molecule is Cc1cc(Br)ccc1Nc1nccc(-c2cc(C(=O)O)cn2C)n1. The third-order valence-corrected chi connectivity index (χ3v) is 4.10. The Kier molecular flexibility index (Phi) is 4.35. The van der Waals surface area contributed by atoms with Crippen LogP contribution < -0.4 is 5.32 Å². The van der Waals surface area contributed by atoms with E-state index in [2.05, 4.69) is 31.2 Å². The fourth-order valence-corrected chi connectivity index (χ4v) is 2.86. The Hall–Kier alpha value is -2.67. The monoisotopic (exact) mass is 386 g/mol. The van der Waals surface area contributed by atoms with E-state index < -0.39 is 5.97 Å². The molecule has 24 heavy (non-hydrogen) atoms. The van der Waals surface area contributed by atoms with E-state index in [0.717, 1.165) is 15.7 Å². The molecule has 3 aromatic rings. The normalized spacial score (nSPS) is 10.6. The van der Waals surface area contributed by atoms with Crippen molar-refractivity contribution in [1.29, 1.82) is 0 Å². The topological polar surface area (TPSA) is 80.0 Å². The van der Waals surface area contributed by atoms with Gasteiger partial charge in [0.1, 0.15) is 0 Å². The highest BCUT2D eigenvalue weighted by Crippen LogP contribution is 2.24. The molecule has 2 heterocycles. The molecule has 2 N–H and O–H groups in total.